The third-order valence-electron chi connectivity index (χ3n) is 4.34. The third kappa shape index (κ3) is 5.02. The molecular weight excluding hydrogens is 316 g/mol. The zero-order valence-corrected chi connectivity index (χ0v) is 14.2. The lowest BCUT2D eigenvalue weighted by atomic mass is 9.96. The van der Waals surface area contributed by atoms with Gasteiger partial charge in [-0.2, -0.15) is 12.7 Å². The lowest BCUT2D eigenvalue weighted by Gasteiger charge is -2.30. The van der Waals surface area contributed by atoms with Crippen LogP contribution in [0.1, 0.15) is 48.0 Å². The normalized spacial score (nSPS) is 16.6. The first-order valence-electron chi connectivity index (χ1n) is 7.95. The van der Waals surface area contributed by atoms with Gasteiger partial charge in [0.25, 0.3) is 10.2 Å². The van der Waals surface area contributed by atoms with E-state index in [1.54, 1.807) is 25.2 Å². The van der Waals surface area contributed by atoms with Crippen molar-refractivity contribution >= 4 is 16.2 Å². The van der Waals surface area contributed by atoms with Gasteiger partial charge in [0.1, 0.15) is 0 Å². The fourth-order valence-electron chi connectivity index (χ4n) is 2.93. The van der Waals surface area contributed by atoms with Gasteiger partial charge in [-0.25, -0.2) is 9.52 Å². The van der Waals surface area contributed by atoms with Crippen LogP contribution in [0, 0.1) is 0 Å². The highest BCUT2D eigenvalue weighted by molar-refractivity contribution is 7.87. The molecule has 1 aromatic rings. The van der Waals surface area contributed by atoms with Crippen molar-refractivity contribution < 1.29 is 18.3 Å². The number of hydrogen-bond donors (Lipinski definition) is 2. The monoisotopic (exact) mass is 340 g/mol. The number of aromatic carboxylic acids is 1. The quantitative estimate of drug-likeness (QED) is 0.795. The van der Waals surface area contributed by atoms with Crippen LogP contribution in [0.2, 0.25) is 0 Å². The molecule has 0 unspecified atom stereocenters. The van der Waals surface area contributed by atoms with Crippen molar-refractivity contribution in [1.82, 2.24) is 9.03 Å². The van der Waals surface area contributed by atoms with Crippen molar-refractivity contribution in [3.63, 3.8) is 0 Å². The van der Waals surface area contributed by atoms with E-state index in [-0.39, 0.29) is 18.2 Å². The molecule has 0 spiro atoms. The molecule has 128 valence electrons. The van der Waals surface area contributed by atoms with Gasteiger partial charge in [0.05, 0.1) is 5.56 Å². The van der Waals surface area contributed by atoms with Crippen LogP contribution < -0.4 is 4.72 Å². The predicted octanol–water partition coefficient (Wildman–Crippen LogP) is 2.03. The Morgan fingerprint density at radius 2 is 2.00 bits per heavy atom. The summed E-state index contributed by atoms with van der Waals surface area (Å²) in [4.78, 5) is 10.9. The summed E-state index contributed by atoms with van der Waals surface area (Å²) < 4.78 is 28.7. The van der Waals surface area contributed by atoms with E-state index in [0.717, 1.165) is 31.2 Å². The summed E-state index contributed by atoms with van der Waals surface area (Å²) in [7, 11) is -1.86. The van der Waals surface area contributed by atoms with E-state index in [9.17, 15) is 13.2 Å². The highest BCUT2D eigenvalue weighted by Gasteiger charge is 2.26. The SMILES string of the molecule is CN(C1CCCCC1)S(=O)(=O)NCCc1cccc(C(=O)O)c1. The fraction of sp³-hybridized carbons (Fsp3) is 0.562. The van der Waals surface area contributed by atoms with Gasteiger partial charge < -0.3 is 5.11 Å². The maximum atomic E-state index is 12.3. The summed E-state index contributed by atoms with van der Waals surface area (Å²) in [5, 5.41) is 8.96. The second-order valence-corrected chi connectivity index (χ2v) is 7.78. The smallest absolute Gasteiger partial charge is 0.335 e. The minimum atomic E-state index is -3.49. The van der Waals surface area contributed by atoms with Crippen molar-refractivity contribution in [2.24, 2.45) is 0 Å². The molecule has 0 heterocycles. The Balaban J connectivity index is 1.89. The lowest BCUT2D eigenvalue weighted by Crippen LogP contribution is -2.45. The molecule has 7 heteroatoms. The molecule has 0 saturated heterocycles. The third-order valence-corrected chi connectivity index (χ3v) is 5.97. The highest BCUT2D eigenvalue weighted by atomic mass is 32.2. The van der Waals surface area contributed by atoms with E-state index in [0.29, 0.717) is 6.42 Å². The number of nitrogens with zero attached hydrogens (tertiary/aromatic N) is 1. The van der Waals surface area contributed by atoms with E-state index < -0.39 is 16.2 Å². The van der Waals surface area contributed by atoms with Crippen LogP contribution in [-0.4, -0.2) is 43.4 Å². The Morgan fingerprint density at radius 3 is 2.65 bits per heavy atom. The number of rotatable bonds is 7. The first-order chi connectivity index (χ1) is 10.9. The molecule has 2 rings (SSSR count). The van der Waals surface area contributed by atoms with Crippen LogP contribution in [0.25, 0.3) is 0 Å². The van der Waals surface area contributed by atoms with Crippen LogP contribution in [0.5, 0.6) is 0 Å². The highest BCUT2D eigenvalue weighted by Crippen LogP contribution is 2.22. The van der Waals surface area contributed by atoms with E-state index in [4.69, 9.17) is 5.11 Å². The second-order valence-electron chi connectivity index (χ2n) is 5.96. The lowest BCUT2D eigenvalue weighted by molar-refractivity contribution is 0.0696. The first kappa shape index (κ1) is 17.9. The van der Waals surface area contributed by atoms with Gasteiger partial charge in [-0.15, -0.1) is 0 Å². The topological polar surface area (TPSA) is 86.7 Å². The molecule has 1 aliphatic rings. The summed E-state index contributed by atoms with van der Waals surface area (Å²) in [5.41, 5.74) is 1.01. The Labute approximate surface area is 137 Å². The Morgan fingerprint density at radius 1 is 1.30 bits per heavy atom. The summed E-state index contributed by atoms with van der Waals surface area (Å²) in [6.45, 7) is 0.252. The average Bonchev–Trinajstić information content (AvgIpc) is 2.55. The van der Waals surface area contributed by atoms with Crippen molar-refractivity contribution in [3.8, 4) is 0 Å². The molecule has 1 aliphatic carbocycles. The number of carbonyl (C=O) groups is 1. The molecule has 0 amide bonds. The molecule has 0 radical (unpaired) electrons. The number of hydrogen-bond acceptors (Lipinski definition) is 3. The molecule has 1 aromatic carbocycles. The van der Waals surface area contributed by atoms with Crippen LogP contribution >= 0.6 is 0 Å². The standard InChI is InChI=1S/C16H24N2O4S/c1-18(15-8-3-2-4-9-15)23(21,22)17-11-10-13-6-5-7-14(12-13)16(19)20/h5-7,12,15,17H,2-4,8-11H2,1H3,(H,19,20). The van der Waals surface area contributed by atoms with Gasteiger partial charge in [0.15, 0.2) is 0 Å². The number of carboxylic acid groups (broad SMARTS) is 1. The van der Waals surface area contributed by atoms with E-state index >= 15 is 0 Å². The number of nitrogens with one attached hydrogen (secondary N) is 1. The minimum absolute atomic E-state index is 0.0802. The van der Waals surface area contributed by atoms with E-state index in [1.807, 2.05) is 0 Å². The second kappa shape index (κ2) is 7.90. The largest absolute Gasteiger partial charge is 0.478 e. The van der Waals surface area contributed by atoms with E-state index in [1.165, 1.54) is 16.8 Å². The molecule has 0 bridgehead atoms. The minimum Gasteiger partial charge on any atom is -0.478 e. The molecule has 6 nitrogen and oxygen atoms in total. The summed E-state index contributed by atoms with van der Waals surface area (Å²) in [6, 6.07) is 6.64. The Kier molecular flexibility index (Phi) is 6.15. The Hall–Kier alpha value is -1.44. The van der Waals surface area contributed by atoms with Crippen molar-refractivity contribution in [2.45, 2.75) is 44.6 Å². The van der Waals surface area contributed by atoms with Crippen LogP contribution in [0.15, 0.2) is 24.3 Å². The van der Waals surface area contributed by atoms with Gasteiger partial charge in [-0.3, -0.25) is 0 Å². The Bertz CT molecular complexity index is 639. The molecule has 2 N–H and O–H groups in total. The van der Waals surface area contributed by atoms with Gasteiger partial charge >= 0.3 is 5.97 Å². The number of benzene rings is 1. The molecule has 23 heavy (non-hydrogen) atoms. The molecule has 1 fully saturated rings. The fourth-order valence-corrected chi connectivity index (χ4v) is 4.09. The van der Waals surface area contributed by atoms with Gasteiger partial charge in [0, 0.05) is 19.6 Å². The van der Waals surface area contributed by atoms with Crippen molar-refractivity contribution in [1.29, 1.82) is 0 Å². The van der Waals surface area contributed by atoms with Gasteiger partial charge in [-0.1, -0.05) is 31.4 Å². The zero-order chi connectivity index (χ0) is 16.9. The predicted molar refractivity (Wildman–Crippen MR) is 88.7 cm³/mol. The average molecular weight is 340 g/mol. The van der Waals surface area contributed by atoms with Crippen LogP contribution in [-0.2, 0) is 16.6 Å². The molecule has 1 saturated carbocycles. The maximum absolute atomic E-state index is 12.3. The van der Waals surface area contributed by atoms with Gasteiger partial charge in [-0.05, 0) is 37.0 Å². The molecule has 0 atom stereocenters. The zero-order valence-electron chi connectivity index (χ0n) is 13.4. The van der Waals surface area contributed by atoms with Crippen LogP contribution in [0.3, 0.4) is 0 Å². The van der Waals surface area contributed by atoms with Crippen LogP contribution in [0.4, 0.5) is 0 Å². The number of carboxylic acids is 1. The van der Waals surface area contributed by atoms with E-state index in [2.05, 4.69) is 4.72 Å². The molecule has 0 aromatic heterocycles. The molecular formula is C16H24N2O4S. The summed E-state index contributed by atoms with van der Waals surface area (Å²) in [5.74, 6) is -0.982. The first-order valence-corrected chi connectivity index (χ1v) is 9.39. The van der Waals surface area contributed by atoms with Crippen molar-refractivity contribution in [3.05, 3.63) is 35.4 Å². The summed E-state index contributed by atoms with van der Waals surface area (Å²) in [6.07, 6.45) is 5.62. The van der Waals surface area contributed by atoms with Crippen molar-refractivity contribution in [2.75, 3.05) is 13.6 Å². The molecule has 0 aliphatic heterocycles. The maximum Gasteiger partial charge on any atom is 0.335 e. The van der Waals surface area contributed by atoms with Gasteiger partial charge in [0.2, 0.25) is 0 Å². The summed E-state index contributed by atoms with van der Waals surface area (Å²) >= 11 is 0.